The largest absolute Gasteiger partial charge is 0.396 e. The predicted octanol–water partition coefficient (Wildman–Crippen LogP) is 1.41. The summed E-state index contributed by atoms with van der Waals surface area (Å²) < 4.78 is 26.8. The smallest absolute Gasteiger partial charge is 0.283 e. The zero-order chi connectivity index (χ0) is 13.5. The maximum atomic E-state index is 12.2. The molecule has 2 aromatic rings. The molecule has 0 atom stereocenters. The first-order valence-electron chi connectivity index (χ1n) is 5.78. The Hall–Kier alpha value is -1.67. The summed E-state index contributed by atoms with van der Waals surface area (Å²) in [5.74, 6) is 0. The summed E-state index contributed by atoms with van der Waals surface area (Å²) in [6.45, 7) is 0. The minimum absolute atomic E-state index is 0.124. The number of hydrogen-bond acceptors (Lipinski definition) is 6. The maximum absolute atomic E-state index is 12.2. The summed E-state index contributed by atoms with van der Waals surface area (Å²) in [6, 6.07) is 3.09. The molecule has 19 heavy (non-hydrogen) atoms. The average molecular weight is 296 g/mol. The van der Waals surface area contributed by atoms with Crippen LogP contribution in [0.1, 0.15) is 17.0 Å². The van der Waals surface area contributed by atoms with Crippen LogP contribution in [0.2, 0.25) is 0 Å². The Morgan fingerprint density at radius 1 is 1.37 bits per heavy atom. The van der Waals surface area contributed by atoms with Gasteiger partial charge in [-0.25, -0.2) is 9.97 Å². The second kappa shape index (κ2) is 4.46. The highest BCUT2D eigenvalue weighted by molar-refractivity contribution is 7.93. The van der Waals surface area contributed by atoms with Crippen LogP contribution < -0.4 is 10.5 Å². The fourth-order valence-corrected chi connectivity index (χ4v) is 4.37. The third-order valence-electron chi connectivity index (χ3n) is 2.87. The standard InChI is InChI=1S/C11H12N4O2S2/c12-7-3-2-6-13-10(7)19(16,17)15-11-14-8-4-1-5-9(8)18-11/h2-3,6H,1,4-5,12H2,(H,14,15). The molecule has 6 nitrogen and oxygen atoms in total. The average Bonchev–Trinajstić information content (AvgIpc) is 2.89. The van der Waals surface area contributed by atoms with Crippen LogP contribution in [0, 0.1) is 0 Å². The molecule has 2 aromatic heterocycles. The number of sulfonamides is 1. The predicted molar refractivity (Wildman–Crippen MR) is 73.6 cm³/mol. The number of nitrogens with two attached hydrogens (primary N) is 1. The van der Waals surface area contributed by atoms with Crippen LogP contribution in [0.5, 0.6) is 0 Å². The molecule has 0 spiro atoms. The van der Waals surface area contributed by atoms with Crippen molar-refractivity contribution in [2.45, 2.75) is 24.3 Å². The highest BCUT2D eigenvalue weighted by Crippen LogP contribution is 2.31. The van der Waals surface area contributed by atoms with Gasteiger partial charge in [0, 0.05) is 11.1 Å². The highest BCUT2D eigenvalue weighted by Gasteiger charge is 2.23. The minimum Gasteiger partial charge on any atom is -0.396 e. The molecular formula is C11H12N4O2S2. The van der Waals surface area contributed by atoms with Gasteiger partial charge in [-0.2, -0.15) is 8.42 Å². The van der Waals surface area contributed by atoms with E-state index in [1.54, 1.807) is 6.07 Å². The van der Waals surface area contributed by atoms with Gasteiger partial charge in [0.1, 0.15) is 0 Å². The number of hydrogen-bond donors (Lipinski definition) is 2. The summed E-state index contributed by atoms with van der Waals surface area (Å²) in [4.78, 5) is 9.26. The second-order valence-electron chi connectivity index (χ2n) is 4.25. The molecule has 1 aliphatic rings. The van der Waals surface area contributed by atoms with Gasteiger partial charge in [-0.05, 0) is 31.4 Å². The lowest BCUT2D eigenvalue weighted by atomic mass is 10.4. The number of rotatable bonds is 3. The Labute approximate surface area is 114 Å². The van der Waals surface area contributed by atoms with E-state index in [0.717, 1.165) is 29.8 Å². The molecule has 0 fully saturated rings. The Bertz CT molecular complexity index is 703. The molecule has 0 unspecified atom stereocenters. The summed E-state index contributed by atoms with van der Waals surface area (Å²) in [6.07, 6.45) is 4.38. The van der Waals surface area contributed by atoms with Crippen molar-refractivity contribution in [1.29, 1.82) is 0 Å². The van der Waals surface area contributed by atoms with Crippen molar-refractivity contribution in [3.63, 3.8) is 0 Å². The number of aromatic nitrogens is 2. The van der Waals surface area contributed by atoms with Crippen LogP contribution in [0.25, 0.3) is 0 Å². The monoisotopic (exact) mass is 296 g/mol. The number of anilines is 2. The third kappa shape index (κ3) is 2.28. The first-order chi connectivity index (χ1) is 9.06. The van der Waals surface area contributed by atoms with Gasteiger partial charge in [0.2, 0.25) is 0 Å². The molecule has 3 rings (SSSR count). The van der Waals surface area contributed by atoms with Gasteiger partial charge in [0.25, 0.3) is 10.0 Å². The van der Waals surface area contributed by atoms with E-state index >= 15 is 0 Å². The van der Waals surface area contributed by atoms with E-state index in [9.17, 15) is 8.42 Å². The summed E-state index contributed by atoms with van der Waals surface area (Å²) in [7, 11) is -3.77. The Kier molecular flexibility index (Phi) is 2.90. The Balaban J connectivity index is 1.91. The number of pyridine rings is 1. The maximum Gasteiger partial charge on any atom is 0.283 e. The molecule has 0 bridgehead atoms. The summed E-state index contributed by atoms with van der Waals surface area (Å²) in [5, 5.41) is 0.222. The highest BCUT2D eigenvalue weighted by atomic mass is 32.2. The summed E-state index contributed by atoms with van der Waals surface area (Å²) in [5.41, 5.74) is 6.76. The first-order valence-corrected chi connectivity index (χ1v) is 8.08. The van der Waals surface area contributed by atoms with Gasteiger partial charge in [0.15, 0.2) is 10.2 Å². The number of aryl methyl sites for hydroxylation is 2. The van der Waals surface area contributed by atoms with Gasteiger partial charge < -0.3 is 5.73 Å². The molecule has 0 saturated carbocycles. The van der Waals surface area contributed by atoms with E-state index < -0.39 is 10.0 Å². The molecule has 8 heteroatoms. The molecule has 0 radical (unpaired) electrons. The number of nitrogens with one attached hydrogen (secondary N) is 1. The van der Waals surface area contributed by atoms with Crippen LogP contribution in [-0.4, -0.2) is 18.4 Å². The van der Waals surface area contributed by atoms with E-state index in [2.05, 4.69) is 14.7 Å². The molecule has 0 aliphatic heterocycles. The van der Waals surface area contributed by atoms with Crippen LogP contribution >= 0.6 is 11.3 Å². The lowest BCUT2D eigenvalue weighted by Crippen LogP contribution is -2.16. The minimum atomic E-state index is -3.77. The quantitative estimate of drug-likeness (QED) is 0.892. The van der Waals surface area contributed by atoms with Crippen molar-refractivity contribution in [3.05, 3.63) is 28.9 Å². The van der Waals surface area contributed by atoms with Crippen molar-refractivity contribution in [2.24, 2.45) is 0 Å². The van der Waals surface area contributed by atoms with E-state index in [0.29, 0.717) is 5.13 Å². The lowest BCUT2D eigenvalue weighted by Gasteiger charge is -2.06. The Morgan fingerprint density at radius 3 is 2.95 bits per heavy atom. The number of nitrogen functional groups attached to an aromatic ring is 1. The van der Waals surface area contributed by atoms with Crippen LogP contribution in [0.3, 0.4) is 0 Å². The zero-order valence-corrected chi connectivity index (χ0v) is 11.6. The molecular weight excluding hydrogens is 284 g/mol. The molecule has 0 amide bonds. The lowest BCUT2D eigenvalue weighted by molar-refractivity contribution is 0.598. The summed E-state index contributed by atoms with van der Waals surface area (Å²) >= 11 is 1.38. The van der Waals surface area contributed by atoms with Gasteiger partial charge >= 0.3 is 0 Å². The van der Waals surface area contributed by atoms with Crippen molar-refractivity contribution in [2.75, 3.05) is 10.5 Å². The molecule has 1 aliphatic carbocycles. The SMILES string of the molecule is Nc1cccnc1S(=O)(=O)Nc1nc2c(s1)CCC2. The van der Waals surface area contributed by atoms with Crippen molar-refractivity contribution in [3.8, 4) is 0 Å². The number of fused-ring (bicyclic) bond motifs is 1. The van der Waals surface area contributed by atoms with E-state index in [4.69, 9.17) is 5.73 Å². The van der Waals surface area contributed by atoms with Crippen molar-refractivity contribution >= 4 is 32.2 Å². The van der Waals surface area contributed by atoms with E-state index in [-0.39, 0.29) is 10.7 Å². The van der Waals surface area contributed by atoms with Gasteiger partial charge in [0.05, 0.1) is 11.4 Å². The van der Waals surface area contributed by atoms with Crippen LogP contribution in [0.4, 0.5) is 10.8 Å². The van der Waals surface area contributed by atoms with Crippen LogP contribution in [-0.2, 0) is 22.9 Å². The van der Waals surface area contributed by atoms with Crippen molar-refractivity contribution in [1.82, 2.24) is 9.97 Å². The van der Waals surface area contributed by atoms with Crippen molar-refractivity contribution < 1.29 is 8.42 Å². The van der Waals surface area contributed by atoms with E-state index in [1.807, 2.05) is 0 Å². The van der Waals surface area contributed by atoms with Gasteiger partial charge in [-0.15, -0.1) is 11.3 Å². The van der Waals surface area contributed by atoms with Crippen LogP contribution in [0.15, 0.2) is 23.4 Å². The van der Waals surface area contributed by atoms with E-state index in [1.165, 1.54) is 23.6 Å². The molecule has 3 N–H and O–H groups in total. The second-order valence-corrected chi connectivity index (χ2v) is 6.93. The van der Waals surface area contributed by atoms with Gasteiger partial charge in [-0.1, -0.05) is 0 Å². The fourth-order valence-electron chi connectivity index (χ4n) is 2.03. The normalized spacial score (nSPS) is 14.3. The molecule has 100 valence electrons. The molecule has 2 heterocycles. The molecule has 0 saturated heterocycles. The number of thiazole rings is 1. The fraction of sp³-hybridized carbons (Fsp3) is 0.273. The molecule has 0 aromatic carbocycles. The zero-order valence-electron chi connectivity index (χ0n) is 9.96. The number of nitrogens with zero attached hydrogens (tertiary/aromatic N) is 2. The van der Waals surface area contributed by atoms with Gasteiger partial charge in [-0.3, -0.25) is 4.72 Å². The topological polar surface area (TPSA) is 98.0 Å². The first kappa shape index (κ1) is 12.4. The Morgan fingerprint density at radius 2 is 2.21 bits per heavy atom. The third-order valence-corrected chi connectivity index (χ3v) is 5.39.